The van der Waals surface area contributed by atoms with Crippen LogP contribution in [0, 0.1) is 8.99 Å². The van der Waals surface area contributed by atoms with E-state index in [4.69, 9.17) is 19.6 Å². The third kappa shape index (κ3) is 5.46. The Balaban J connectivity index is 1.92. The van der Waals surface area contributed by atoms with Gasteiger partial charge in [0.2, 0.25) is 5.95 Å². The maximum absolute atomic E-state index is 12.7. The molecule has 0 saturated carbocycles. The third-order valence-corrected chi connectivity index (χ3v) is 11.7. The fourth-order valence-electron chi connectivity index (χ4n) is 3.31. The summed E-state index contributed by atoms with van der Waals surface area (Å²) in [5, 5.41) is 0.496. The van der Waals surface area contributed by atoms with Crippen LogP contribution in [0.3, 0.4) is 0 Å². The third-order valence-electron chi connectivity index (χ3n) is 6.43. The van der Waals surface area contributed by atoms with E-state index in [9.17, 15) is 9.59 Å². The first kappa shape index (κ1) is 26.2. The summed E-state index contributed by atoms with van der Waals surface area (Å²) < 4.78 is 21.2. The Kier molecular flexibility index (Phi) is 7.11. The molecule has 0 amide bonds. The van der Waals surface area contributed by atoms with E-state index in [0.717, 1.165) is 3.57 Å². The van der Waals surface area contributed by atoms with E-state index in [0.29, 0.717) is 24.1 Å². The number of fused-ring (bicyclic) bond motifs is 1. The molecule has 3 atom stereocenters. The first-order valence-corrected chi connectivity index (χ1v) is 15.1. The van der Waals surface area contributed by atoms with Crippen molar-refractivity contribution in [2.24, 2.45) is 5.41 Å². The summed E-state index contributed by atoms with van der Waals surface area (Å²) in [5.74, 6) is -0.255. The minimum atomic E-state index is -2.04. The molecular formula is C22H35IN4O5Si. The van der Waals surface area contributed by atoms with Crippen molar-refractivity contribution in [3.05, 3.63) is 20.1 Å². The predicted molar refractivity (Wildman–Crippen MR) is 138 cm³/mol. The van der Waals surface area contributed by atoms with Crippen LogP contribution in [0.5, 0.6) is 0 Å². The van der Waals surface area contributed by atoms with E-state index in [2.05, 4.69) is 66.4 Å². The number of ether oxygens (including phenoxy) is 2. The highest BCUT2D eigenvalue weighted by atomic mass is 127. The standard InChI is InChI=1S/C22H35IN4O5Si/c1-21(2,3)19(29)32-13-9-15(31-14(13)11-30-33(7,8)22(4,5)6)27-10-12(23)16-17(27)25-20(24)26-18(16)28/h10,13-15H,9,11H2,1-8H3,(H3,24,25,26,28)/t13-,14+,15?/m0/s1. The molecular weight excluding hydrogens is 555 g/mol. The summed E-state index contributed by atoms with van der Waals surface area (Å²) in [5.41, 5.74) is 5.30. The molecule has 0 aliphatic carbocycles. The fourth-order valence-corrected chi connectivity index (χ4v) is 5.11. The molecule has 3 N–H and O–H groups in total. The number of hydrogen-bond acceptors (Lipinski definition) is 7. The van der Waals surface area contributed by atoms with Crippen molar-refractivity contribution in [3.63, 3.8) is 0 Å². The van der Waals surface area contributed by atoms with Crippen molar-refractivity contribution in [1.29, 1.82) is 0 Å². The Morgan fingerprint density at radius 1 is 1.33 bits per heavy atom. The number of H-pyrrole nitrogens is 1. The number of nitrogens with two attached hydrogens (primary N) is 1. The van der Waals surface area contributed by atoms with Crippen LogP contribution in [0.4, 0.5) is 5.95 Å². The van der Waals surface area contributed by atoms with Crippen molar-refractivity contribution < 1.29 is 18.7 Å². The maximum atomic E-state index is 12.7. The highest BCUT2D eigenvalue weighted by Crippen LogP contribution is 2.39. The van der Waals surface area contributed by atoms with Crippen molar-refractivity contribution in [2.75, 3.05) is 12.3 Å². The molecule has 3 heterocycles. The number of carbonyl (C=O) groups is 1. The van der Waals surface area contributed by atoms with Crippen LogP contribution in [-0.2, 0) is 18.7 Å². The molecule has 2 aromatic rings. The normalized spacial score (nSPS) is 22.2. The number of nitrogen functional groups attached to an aromatic ring is 1. The molecule has 1 aliphatic rings. The zero-order chi connectivity index (χ0) is 24.9. The van der Waals surface area contributed by atoms with Gasteiger partial charge in [-0.05, 0) is 61.5 Å². The molecule has 0 spiro atoms. The minimum Gasteiger partial charge on any atom is -0.459 e. The highest BCUT2D eigenvalue weighted by Gasteiger charge is 2.44. The van der Waals surface area contributed by atoms with E-state index >= 15 is 0 Å². The van der Waals surface area contributed by atoms with Gasteiger partial charge < -0.3 is 24.2 Å². The van der Waals surface area contributed by atoms with E-state index in [1.54, 1.807) is 4.57 Å². The molecule has 1 saturated heterocycles. The Morgan fingerprint density at radius 3 is 2.55 bits per heavy atom. The molecule has 184 valence electrons. The van der Waals surface area contributed by atoms with Crippen LogP contribution in [0.25, 0.3) is 11.0 Å². The van der Waals surface area contributed by atoms with Crippen LogP contribution in [0.1, 0.15) is 54.2 Å². The molecule has 11 heteroatoms. The molecule has 0 aromatic carbocycles. The number of halogens is 1. The highest BCUT2D eigenvalue weighted by molar-refractivity contribution is 14.1. The van der Waals surface area contributed by atoms with Crippen molar-refractivity contribution in [1.82, 2.24) is 14.5 Å². The average Bonchev–Trinajstić information content (AvgIpc) is 3.19. The number of esters is 1. The van der Waals surface area contributed by atoms with Gasteiger partial charge in [-0.15, -0.1) is 0 Å². The molecule has 33 heavy (non-hydrogen) atoms. The van der Waals surface area contributed by atoms with Gasteiger partial charge >= 0.3 is 5.97 Å². The van der Waals surface area contributed by atoms with Crippen LogP contribution in [0.2, 0.25) is 18.1 Å². The molecule has 9 nitrogen and oxygen atoms in total. The fraction of sp³-hybridized carbons (Fsp3) is 0.682. The number of rotatable bonds is 5. The summed E-state index contributed by atoms with van der Waals surface area (Å²) in [7, 11) is -2.04. The minimum absolute atomic E-state index is 0.0368. The lowest BCUT2D eigenvalue weighted by molar-refractivity contribution is -0.162. The Hall–Kier alpha value is -1.44. The number of anilines is 1. The second-order valence-corrected chi connectivity index (χ2v) is 17.1. The largest absolute Gasteiger partial charge is 0.459 e. The van der Waals surface area contributed by atoms with Gasteiger partial charge in [-0.3, -0.25) is 14.6 Å². The Labute approximate surface area is 209 Å². The van der Waals surface area contributed by atoms with Crippen LogP contribution in [0.15, 0.2) is 11.0 Å². The van der Waals surface area contributed by atoms with Crippen molar-refractivity contribution in [3.8, 4) is 0 Å². The van der Waals surface area contributed by atoms with Gasteiger partial charge in [-0.25, -0.2) is 0 Å². The first-order valence-electron chi connectivity index (χ1n) is 11.1. The van der Waals surface area contributed by atoms with Gasteiger partial charge in [0.15, 0.2) is 14.0 Å². The van der Waals surface area contributed by atoms with E-state index in [1.807, 2.05) is 27.0 Å². The van der Waals surface area contributed by atoms with Crippen molar-refractivity contribution in [2.45, 2.75) is 84.5 Å². The molecule has 1 unspecified atom stereocenters. The summed E-state index contributed by atoms with van der Waals surface area (Å²) in [6, 6.07) is 0. The second kappa shape index (κ2) is 8.97. The van der Waals surface area contributed by atoms with E-state index < -0.39 is 32.2 Å². The van der Waals surface area contributed by atoms with Crippen LogP contribution < -0.4 is 11.3 Å². The zero-order valence-corrected chi connectivity index (χ0v) is 23.8. The van der Waals surface area contributed by atoms with Crippen LogP contribution >= 0.6 is 22.6 Å². The Morgan fingerprint density at radius 2 is 1.97 bits per heavy atom. The van der Waals surface area contributed by atoms with Gasteiger partial charge in [0.25, 0.3) is 5.56 Å². The second-order valence-electron chi connectivity index (χ2n) is 11.2. The quantitative estimate of drug-likeness (QED) is 0.305. The number of aromatic nitrogens is 3. The van der Waals surface area contributed by atoms with Gasteiger partial charge in [0, 0.05) is 16.2 Å². The molecule has 1 aliphatic heterocycles. The van der Waals surface area contributed by atoms with E-state index in [1.165, 1.54) is 0 Å². The number of aromatic amines is 1. The van der Waals surface area contributed by atoms with Gasteiger partial charge in [-0.1, -0.05) is 20.8 Å². The molecule has 0 bridgehead atoms. The summed E-state index contributed by atoms with van der Waals surface area (Å²) in [6.45, 7) is 16.7. The maximum Gasteiger partial charge on any atom is 0.311 e. The van der Waals surface area contributed by atoms with Crippen LogP contribution in [-0.4, -0.2) is 47.6 Å². The number of nitrogens with zero attached hydrogens (tertiary/aromatic N) is 2. The lowest BCUT2D eigenvalue weighted by Gasteiger charge is -2.37. The zero-order valence-electron chi connectivity index (χ0n) is 20.6. The van der Waals surface area contributed by atoms with E-state index in [-0.39, 0.29) is 22.5 Å². The number of hydrogen-bond donors (Lipinski definition) is 2. The summed E-state index contributed by atoms with van der Waals surface area (Å²) >= 11 is 2.10. The average molecular weight is 591 g/mol. The summed E-state index contributed by atoms with van der Waals surface area (Å²) in [6.07, 6.45) is 0.833. The lowest BCUT2D eigenvalue weighted by atomic mass is 9.97. The number of nitrogens with one attached hydrogen (secondary N) is 1. The van der Waals surface area contributed by atoms with Gasteiger partial charge in [0.1, 0.15) is 18.4 Å². The lowest BCUT2D eigenvalue weighted by Crippen LogP contribution is -2.44. The van der Waals surface area contributed by atoms with Gasteiger partial charge in [-0.2, -0.15) is 4.98 Å². The first-order chi connectivity index (χ1) is 15.0. The molecule has 0 radical (unpaired) electrons. The molecule has 2 aromatic heterocycles. The smallest absolute Gasteiger partial charge is 0.311 e. The van der Waals surface area contributed by atoms with Gasteiger partial charge in [0.05, 0.1) is 17.4 Å². The Bertz CT molecular complexity index is 1100. The predicted octanol–water partition coefficient (Wildman–Crippen LogP) is 4.18. The number of carbonyl (C=O) groups excluding carboxylic acids is 1. The molecule has 3 rings (SSSR count). The SMILES string of the molecule is CC(C)(C)C(=O)O[C@H]1CC(n2cc(I)c3c(=O)[nH]c(N)nc32)O[C@@H]1CO[Si](C)(C)C(C)(C)C. The van der Waals surface area contributed by atoms with Crippen molar-refractivity contribution >= 4 is 53.9 Å². The molecule has 1 fully saturated rings. The summed E-state index contributed by atoms with van der Waals surface area (Å²) in [4.78, 5) is 32.0. The monoisotopic (exact) mass is 590 g/mol. The topological polar surface area (TPSA) is 121 Å².